The molecule has 0 fully saturated rings. The zero-order chi connectivity index (χ0) is 21.8. The number of aromatic hydroxyl groups is 1. The Labute approximate surface area is 186 Å². The van der Waals surface area contributed by atoms with E-state index in [1.807, 2.05) is 60.9 Å². The predicted octanol–water partition coefficient (Wildman–Crippen LogP) is 5.40. The molecule has 0 aliphatic carbocycles. The largest absolute Gasteiger partial charge is 0.504 e. The molecule has 1 N–H and O–H groups in total. The average molecular weight is 418 g/mol. The molecule has 0 spiro atoms. The van der Waals surface area contributed by atoms with Gasteiger partial charge in [0.1, 0.15) is 5.75 Å². The number of hydrogen-bond donors (Lipinski definition) is 1. The maximum absolute atomic E-state index is 9.87. The van der Waals surface area contributed by atoms with Crippen LogP contribution >= 0.6 is 0 Å². The Morgan fingerprint density at radius 3 is 1.56 bits per heavy atom. The lowest BCUT2D eigenvalue weighted by Crippen LogP contribution is -2.29. The fraction of sp³-hybridized carbons (Fsp3) is 0. The summed E-state index contributed by atoms with van der Waals surface area (Å²) in [5.74, 6) is 1.23. The van der Waals surface area contributed by atoms with E-state index in [1.54, 1.807) is 18.2 Å². The van der Waals surface area contributed by atoms with Crippen molar-refractivity contribution < 1.29 is 19.0 Å². The second-order valence-electron chi connectivity index (χ2n) is 7.39. The first kappa shape index (κ1) is 19.5. The summed E-state index contributed by atoms with van der Waals surface area (Å²) in [7, 11) is 0. The molecule has 0 unspecified atom stereocenters. The number of para-hydroxylation sites is 3. The molecule has 2 heterocycles. The molecule has 0 radical (unpaired) electrons. The zero-order valence-corrected chi connectivity index (χ0v) is 17.4. The molecule has 4 heteroatoms. The Morgan fingerprint density at radius 1 is 0.500 bits per heavy atom. The number of rotatable bonds is 5. The fourth-order valence-corrected chi connectivity index (χ4v) is 3.54. The smallest absolute Gasteiger partial charge is 0.210 e. The van der Waals surface area contributed by atoms with E-state index in [0.717, 1.165) is 22.5 Å². The van der Waals surface area contributed by atoms with Crippen molar-refractivity contribution in [2.75, 3.05) is 0 Å². The molecule has 154 valence electrons. The lowest BCUT2D eigenvalue weighted by molar-refractivity contribution is -0.596. The third kappa shape index (κ3) is 4.20. The molecule has 4 nitrogen and oxygen atoms in total. The topological polar surface area (TPSA) is 37.2 Å². The summed E-state index contributed by atoms with van der Waals surface area (Å²) in [5, 5.41) is 9.87. The molecule has 0 saturated heterocycles. The number of aromatic nitrogens is 2. The van der Waals surface area contributed by atoms with Crippen molar-refractivity contribution in [3.8, 4) is 39.8 Å². The van der Waals surface area contributed by atoms with Crippen LogP contribution in [0.5, 0.6) is 17.2 Å². The van der Waals surface area contributed by atoms with E-state index in [9.17, 15) is 5.11 Å². The van der Waals surface area contributed by atoms with Gasteiger partial charge in [0.2, 0.25) is 11.4 Å². The second kappa shape index (κ2) is 8.74. The highest BCUT2D eigenvalue weighted by atomic mass is 16.5. The molecule has 3 aromatic carbocycles. The molecule has 0 saturated carbocycles. The van der Waals surface area contributed by atoms with E-state index >= 15 is 0 Å². The minimum atomic E-state index is 0.122. The van der Waals surface area contributed by atoms with Crippen molar-refractivity contribution in [2.24, 2.45) is 0 Å². The summed E-state index contributed by atoms with van der Waals surface area (Å²) in [5.41, 5.74) is 4.48. The van der Waals surface area contributed by atoms with E-state index < -0.39 is 0 Å². The lowest BCUT2D eigenvalue weighted by atomic mass is 10.1. The Kier molecular flexibility index (Phi) is 5.33. The molecule has 0 amide bonds. The maximum Gasteiger partial charge on any atom is 0.210 e. The lowest BCUT2D eigenvalue weighted by Gasteiger charge is -2.07. The third-order valence-corrected chi connectivity index (χ3v) is 5.27. The van der Waals surface area contributed by atoms with Crippen molar-refractivity contribution >= 4 is 0 Å². The predicted molar refractivity (Wildman–Crippen MR) is 123 cm³/mol. The van der Waals surface area contributed by atoms with Crippen LogP contribution in [0.25, 0.3) is 22.5 Å². The van der Waals surface area contributed by atoms with Gasteiger partial charge in [-0.25, -0.2) is 0 Å². The van der Waals surface area contributed by atoms with Crippen LogP contribution < -0.4 is 13.9 Å². The second-order valence-corrected chi connectivity index (χ2v) is 7.39. The zero-order valence-electron chi connectivity index (χ0n) is 17.4. The van der Waals surface area contributed by atoms with Crippen LogP contribution in [0.1, 0.15) is 0 Å². The monoisotopic (exact) mass is 418 g/mol. The standard InChI is InChI=1S/C28H21N2O2/c31-27-8-4-5-9-28(27)32-26-12-10-25(11-13-26)30-20-16-23(17-21-30)22-14-18-29(19-15-22)24-6-2-1-3-7-24/h1-21H/q+1/p+1. The number of phenolic OH excluding ortho intramolecular Hbond substituents is 1. The van der Waals surface area contributed by atoms with Crippen molar-refractivity contribution in [3.63, 3.8) is 0 Å². The summed E-state index contributed by atoms with van der Waals surface area (Å²) < 4.78 is 9.92. The van der Waals surface area contributed by atoms with Gasteiger partial charge in [0, 0.05) is 48.5 Å². The van der Waals surface area contributed by atoms with Gasteiger partial charge in [-0.05, 0) is 35.4 Å². The number of ether oxygens (including phenoxy) is 1. The van der Waals surface area contributed by atoms with E-state index in [0.29, 0.717) is 11.5 Å². The first-order valence-electron chi connectivity index (χ1n) is 10.4. The van der Waals surface area contributed by atoms with Gasteiger partial charge in [-0.1, -0.05) is 30.3 Å². The normalized spacial score (nSPS) is 10.6. The van der Waals surface area contributed by atoms with Crippen LogP contribution in [-0.4, -0.2) is 5.11 Å². The number of hydrogen-bond acceptors (Lipinski definition) is 2. The highest BCUT2D eigenvalue weighted by Gasteiger charge is 2.10. The minimum Gasteiger partial charge on any atom is -0.504 e. The minimum absolute atomic E-state index is 0.122. The quantitative estimate of drug-likeness (QED) is 0.388. The van der Waals surface area contributed by atoms with Gasteiger partial charge in [0.25, 0.3) is 0 Å². The average Bonchev–Trinajstić information content (AvgIpc) is 2.87. The molecule has 2 aromatic heterocycles. The summed E-state index contributed by atoms with van der Waals surface area (Å²) in [6.45, 7) is 0. The Balaban J connectivity index is 1.31. The molecule has 0 aliphatic heterocycles. The van der Waals surface area contributed by atoms with E-state index in [-0.39, 0.29) is 5.75 Å². The summed E-state index contributed by atoms with van der Waals surface area (Å²) >= 11 is 0. The van der Waals surface area contributed by atoms with Gasteiger partial charge in [-0.3, -0.25) is 0 Å². The molecule has 0 atom stereocenters. The highest BCUT2D eigenvalue weighted by Crippen LogP contribution is 2.30. The molecule has 0 bridgehead atoms. The Hall–Kier alpha value is -4.44. The Morgan fingerprint density at radius 2 is 1.00 bits per heavy atom. The summed E-state index contributed by atoms with van der Waals surface area (Å²) in [6, 6.07) is 33.4. The number of pyridine rings is 2. The van der Waals surface area contributed by atoms with Crippen molar-refractivity contribution in [3.05, 3.63) is 128 Å². The van der Waals surface area contributed by atoms with Crippen LogP contribution in [0.3, 0.4) is 0 Å². The van der Waals surface area contributed by atoms with Gasteiger partial charge < -0.3 is 9.84 Å². The van der Waals surface area contributed by atoms with Crippen molar-refractivity contribution in [1.29, 1.82) is 0 Å². The van der Waals surface area contributed by atoms with E-state index in [4.69, 9.17) is 4.74 Å². The molecular formula is C28H22N2O2+2. The number of nitrogens with zero attached hydrogens (tertiary/aromatic N) is 2. The van der Waals surface area contributed by atoms with Crippen molar-refractivity contribution in [1.82, 2.24) is 0 Å². The third-order valence-electron chi connectivity index (χ3n) is 5.27. The number of benzene rings is 3. The molecular weight excluding hydrogens is 396 g/mol. The molecule has 5 rings (SSSR count). The fourth-order valence-electron chi connectivity index (χ4n) is 3.54. The van der Waals surface area contributed by atoms with Crippen LogP contribution in [-0.2, 0) is 0 Å². The van der Waals surface area contributed by atoms with Gasteiger partial charge in [-0.15, -0.1) is 0 Å². The first-order chi connectivity index (χ1) is 15.8. The van der Waals surface area contributed by atoms with Crippen LogP contribution in [0.4, 0.5) is 0 Å². The molecule has 5 aromatic rings. The summed E-state index contributed by atoms with van der Waals surface area (Å²) in [6.07, 6.45) is 8.25. The van der Waals surface area contributed by atoms with Gasteiger partial charge in [0.05, 0.1) is 0 Å². The van der Waals surface area contributed by atoms with Crippen LogP contribution in [0.15, 0.2) is 128 Å². The number of phenols is 1. The first-order valence-corrected chi connectivity index (χ1v) is 10.4. The SMILES string of the molecule is Oc1ccccc1Oc1ccc(-[n+]2ccc(-c3cc[n+](-c4ccccc4)cc3)cc2)cc1. The van der Waals surface area contributed by atoms with E-state index in [2.05, 4.69) is 57.9 Å². The highest BCUT2D eigenvalue weighted by molar-refractivity contribution is 5.61. The summed E-state index contributed by atoms with van der Waals surface area (Å²) in [4.78, 5) is 0. The Bertz CT molecular complexity index is 1320. The molecule has 0 aliphatic rings. The van der Waals surface area contributed by atoms with Crippen LogP contribution in [0, 0.1) is 0 Å². The van der Waals surface area contributed by atoms with Crippen LogP contribution in [0.2, 0.25) is 0 Å². The van der Waals surface area contributed by atoms with Crippen molar-refractivity contribution in [2.45, 2.75) is 0 Å². The molecule has 32 heavy (non-hydrogen) atoms. The van der Waals surface area contributed by atoms with Gasteiger partial charge in [-0.2, -0.15) is 9.13 Å². The maximum atomic E-state index is 9.87. The van der Waals surface area contributed by atoms with Gasteiger partial charge >= 0.3 is 0 Å². The van der Waals surface area contributed by atoms with E-state index in [1.165, 1.54) is 0 Å². The van der Waals surface area contributed by atoms with Gasteiger partial charge in [0.15, 0.2) is 36.3 Å².